The zero-order valence-corrected chi connectivity index (χ0v) is 12.3. The predicted octanol–water partition coefficient (Wildman–Crippen LogP) is 4.85. The minimum absolute atomic E-state index is 0.918. The average molecular weight is 305 g/mol. The number of hydrogen-bond acceptors (Lipinski definition) is 2. The van der Waals surface area contributed by atoms with Crippen LogP contribution in [-0.2, 0) is 6.42 Å². The van der Waals surface area contributed by atoms with Gasteiger partial charge in [0.2, 0.25) is 0 Å². The van der Waals surface area contributed by atoms with Gasteiger partial charge in [0.15, 0.2) is 0 Å². The third-order valence-corrected chi connectivity index (χ3v) is 3.27. The summed E-state index contributed by atoms with van der Waals surface area (Å²) in [5, 5.41) is 3.42. The summed E-state index contributed by atoms with van der Waals surface area (Å²) < 4.78 is 1.01. The van der Waals surface area contributed by atoms with Crippen molar-refractivity contribution in [3.05, 3.63) is 52.1 Å². The van der Waals surface area contributed by atoms with Crippen LogP contribution in [0.4, 0.5) is 11.5 Å². The highest BCUT2D eigenvalue weighted by Crippen LogP contribution is 2.24. The Morgan fingerprint density at radius 2 is 2.06 bits per heavy atom. The molecule has 0 saturated heterocycles. The van der Waals surface area contributed by atoms with Crippen LogP contribution in [0.1, 0.15) is 24.5 Å². The molecule has 0 saturated carbocycles. The molecular formula is C15H17BrN2. The highest BCUT2D eigenvalue weighted by Gasteiger charge is 2.04. The Bertz CT molecular complexity index is 538. The second-order valence-electron chi connectivity index (χ2n) is 4.35. The third-order valence-electron chi connectivity index (χ3n) is 2.83. The number of benzene rings is 1. The quantitative estimate of drug-likeness (QED) is 0.873. The van der Waals surface area contributed by atoms with Crippen molar-refractivity contribution in [2.75, 3.05) is 5.32 Å². The highest BCUT2D eigenvalue weighted by molar-refractivity contribution is 9.10. The van der Waals surface area contributed by atoms with Crippen molar-refractivity contribution in [3.8, 4) is 0 Å². The molecule has 2 rings (SSSR count). The van der Waals surface area contributed by atoms with E-state index in [1.807, 2.05) is 6.20 Å². The molecule has 1 N–H and O–H groups in total. The number of nitrogens with one attached hydrogen (secondary N) is 1. The van der Waals surface area contributed by atoms with Crippen LogP contribution >= 0.6 is 15.9 Å². The summed E-state index contributed by atoms with van der Waals surface area (Å²) in [4.78, 5) is 4.42. The molecule has 0 radical (unpaired) electrons. The first-order valence-electron chi connectivity index (χ1n) is 6.17. The van der Waals surface area contributed by atoms with Crippen LogP contribution in [0.3, 0.4) is 0 Å². The van der Waals surface area contributed by atoms with Crippen LogP contribution in [0.15, 0.2) is 41.0 Å². The summed E-state index contributed by atoms with van der Waals surface area (Å²) in [5.41, 5.74) is 3.62. The molecule has 2 aromatic rings. The van der Waals surface area contributed by atoms with Crippen molar-refractivity contribution in [2.24, 2.45) is 0 Å². The maximum absolute atomic E-state index is 4.42. The minimum atomic E-state index is 0.918. The summed E-state index contributed by atoms with van der Waals surface area (Å²) >= 11 is 3.43. The van der Waals surface area contributed by atoms with Crippen molar-refractivity contribution in [2.45, 2.75) is 26.7 Å². The second kappa shape index (κ2) is 6.01. The summed E-state index contributed by atoms with van der Waals surface area (Å²) in [5.74, 6) is 0.918. The Kier molecular flexibility index (Phi) is 4.37. The van der Waals surface area contributed by atoms with E-state index in [1.54, 1.807) is 0 Å². The molecule has 0 aliphatic rings. The molecule has 1 aromatic carbocycles. The minimum Gasteiger partial charge on any atom is -0.340 e. The first-order valence-corrected chi connectivity index (χ1v) is 6.97. The van der Waals surface area contributed by atoms with Gasteiger partial charge >= 0.3 is 0 Å². The Morgan fingerprint density at radius 1 is 1.28 bits per heavy atom. The van der Waals surface area contributed by atoms with Crippen LogP contribution < -0.4 is 5.32 Å². The Morgan fingerprint density at radius 3 is 2.78 bits per heavy atom. The van der Waals surface area contributed by atoms with Gasteiger partial charge in [-0.05, 0) is 52.5 Å². The van der Waals surface area contributed by atoms with Gasteiger partial charge in [-0.3, -0.25) is 0 Å². The molecule has 0 fully saturated rings. The molecule has 0 bridgehead atoms. The molecule has 94 valence electrons. The number of pyridine rings is 1. The van der Waals surface area contributed by atoms with Crippen LogP contribution in [0.5, 0.6) is 0 Å². The standard InChI is InChI=1S/C15H17BrN2/c1-3-6-12-7-4-5-8-14(12)18-15-11(2)9-13(16)10-17-15/h4-5,7-10H,3,6H2,1-2H3,(H,17,18). The number of aryl methyl sites for hydroxylation is 2. The number of aromatic nitrogens is 1. The Hall–Kier alpha value is -1.35. The zero-order valence-electron chi connectivity index (χ0n) is 10.7. The lowest BCUT2D eigenvalue weighted by Crippen LogP contribution is -1.99. The van der Waals surface area contributed by atoms with E-state index in [1.165, 1.54) is 5.56 Å². The summed E-state index contributed by atoms with van der Waals surface area (Å²) in [6, 6.07) is 10.5. The molecule has 0 amide bonds. The van der Waals surface area contributed by atoms with Gasteiger partial charge in [-0.1, -0.05) is 31.5 Å². The highest BCUT2D eigenvalue weighted by atomic mass is 79.9. The topological polar surface area (TPSA) is 24.9 Å². The Balaban J connectivity index is 2.28. The van der Waals surface area contributed by atoms with E-state index in [9.17, 15) is 0 Å². The smallest absolute Gasteiger partial charge is 0.133 e. The normalized spacial score (nSPS) is 10.4. The summed E-state index contributed by atoms with van der Waals surface area (Å²) in [6.45, 7) is 4.25. The molecule has 0 aliphatic carbocycles. The summed E-state index contributed by atoms with van der Waals surface area (Å²) in [7, 11) is 0. The van der Waals surface area contributed by atoms with Gasteiger partial charge in [0.25, 0.3) is 0 Å². The third kappa shape index (κ3) is 3.10. The van der Waals surface area contributed by atoms with Gasteiger partial charge in [0.1, 0.15) is 5.82 Å². The largest absolute Gasteiger partial charge is 0.340 e. The molecule has 0 aliphatic heterocycles. The number of nitrogens with zero attached hydrogens (tertiary/aromatic N) is 1. The molecule has 0 spiro atoms. The van der Waals surface area contributed by atoms with E-state index >= 15 is 0 Å². The number of halogens is 1. The summed E-state index contributed by atoms with van der Waals surface area (Å²) in [6.07, 6.45) is 4.04. The van der Waals surface area contributed by atoms with E-state index in [0.717, 1.165) is 34.4 Å². The van der Waals surface area contributed by atoms with Crippen LogP contribution in [0.2, 0.25) is 0 Å². The second-order valence-corrected chi connectivity index (χ2v) is 5.27. The number of para-hydroxylation sites is 1. The van der Waals surface area contributed by atoms with Crippen molar-refractivity contribution in [3.63, 3.8) is 0 Å². The zero-order chi connectivity index (χ0) is 13.0. The molecule has 1 heterocycles. The van der Waals surface area contributed by atoms with Gasteiger partial charge in [-0.2, -0.15) is 0 Å². The van der Waals surface area contributed by atoms with Crippen molar-refractivity contribution in [1.29, 1.82) is 0 Å². The van der Waals surface area contributed by atoms with E-state index in [0.29, 0.717) is 0 Å². The predicted molar refractivity (Wildman–Crippen MR) is 80.4 cm³/mol. The van der Waals surface area contributed by atoms with Gasteiger partial charge in [-0.15, -0.1) is 0 Å². The monoisotopic (exact) mass is 304 g/mol. The Labute approximate surface area is 117 Å². The lowest BCUT2D eigenvalue weighted by Gasteiger charge is -2.12. The van der Waals surface area contributed by atoms with Gasteiger partial charge in [0.05, 0.1) is 0 Å². The SMILES string of the molecule is CCCc1ccccc1Nc1ncc(Br)cc1C. The lowest BCUT2D eigenvalue weighted by molar-refractivity contribution is 0.923. The fourth-order valence-corrected chi connectivity index (χ4v) is 2.37. The fourth-order valence-electron chi connectivity index (χ4n) is 1.93. The van der Waals surface area contributed by atoms with Crippen LogP contribution in [-0.4, -0.2) is 4.98 Å². The maximum atomic E-state index is 4.42. The van der Waals surface area contributed by atoms with Crippen molar-refractivity contribution < 1.29 is 0 Å². The number of rotatable bonds is 4. The van der Waals surface area contributed by atoms with E-state index in [-0.39, 0.29) is 0 Å². The van der Waals surface area contributed by atoms with Crippen LogP contribution in [0, 0.1) is 6.92 Å². The molecule has 1 aromatic heterocycles. The first kappa shape index (κ1) is 13.1. The average Bonchev–Trinajstić information content (AvgIpc) is 2.35. The number of anilines is 2. The molecule has 0 atom stereocenters. The molecule has 3 heteroatoms. The molecule has 18 heavy (non-hydrogen) atoms. The van der Waals surface area contributed by atoms with Crippen molar-refractivity contribution in [1.82, 2.24) is 4.98 Å². The lowest BCUT2D eigenvalue weighted by atomic mass is 10.1. The van der Waals surface area contributed by atoms with Crippen LogP contribution in [0.25, 0.3) is 0 Å². The van der Waals surface area contributed by atoms with Crippen molar-refractivity contribution >= 4 is 27.4 Å². The molecule has 2 nitrogen and oxygen atoms in total. The van der Waals surface area contributed by atoms with Gasteiger partial charge in [0, 0.05) is 16.4 Å². The van der Waals surface area contributed by atoms with Gasteiger partial charge in [-0.25, -0.2) is 4.98 Å². The fraction of sp³-hybridized carbons (Fsp3) is 0.267. The van der Waals surface area contributed by atoms with E-state index in [4.69, 9.17) is 0 Å². The maximum Gasteiger partial charge on any atom is 0.133 e. The molecular weight excluding hydrogens is 288 g/mol. The molecule has 0 unspecified atom stereocenters. The van der Waals surface area contributed by atoms with E-state index < -0.39 is 0 Å². The van der Waals surface area contributed by atoms with Gasteiger partial charge < -0.3 is 5.32 Å². The first-order chi connectivity index (χ1) is 8.70. The number of hydrogen-bond donors (Lipinski definition) is 1. The van der Waals surface area contributed by atoms with E-state index in [2.05, 4.69) is 70.4 Å².